The van der Waals surface area contributed by atoms with Gasteiger partial charge >= 0.3 is 0 Å². The molecular weight excluding hydrogens is 308 g/mol. The quantitative estimate of drug-likeness (QED) is 0.942. The van der Waals surface area contributed by atoms with Crippen molar-refractivity contribution in [2.75, 3.05) is 6.61 Å². The zero-order valence-corrected chi connectivity index (χ0v) is 13.9. The minimum Gasteiger partial charge on any atom is -0.375 e. The maximum atomic E-state index is 12.4. The van der Waals surface area contributed by atoms with Crippen molar-refractivity contribution in [2.24, 2.45) is 0 Å². The van der Waals surface area contributed by atoms with Gasteiger partial charge in [0.05, 0.1) is 30.3 Å². The first-order valence-electron chi connectivity index (χ1n) is 8.25. The molecule has 1 aliphatic carbocycles. The third kappa shape index (κ3) is 3.16. The summed E-state index contributed by atoms with van der Waals surface area (Å²) in [6.45, 7) is 1.90. The number of carbonyl (C=O) groups excluding carboxylic acids is 1. The van der Waals surface area contributed by atoms with Crippen LogP contribution in [0.15, 0.2) is 18.2 Å². The number of ether oxygens (including phenoxy) is 1. The molecule has 0 spiro atoms. The molecule has 2 aromatic rings. The Kier molecular flexibility index (Phi) is 4.14. The lowest BCUT2D eigenvalue weighted by Crippen LogP contribution is -2.23. The van der Waals surface area contributed by atoms with Gasteiger partial charge in [0.15, 0.2) is 0 Å². The molecule has 1 amide bonds. The van der Waals surface area contributed by atoms with Gasteiger partial charge in [-0.25, -0.2) is 4.98 Å². The Morgan fingerprint density at radius 1 is 1.22 bits per heavy atom. The molecule has 2 heterocycles. The number of hydrogen-bond acceptors (Lipinski definition) is 4. The van der Waals surface area contributed by atoms with Crippen molar-refractivity contribution in [2.45, 2.75) is 45.3 Å². The van der Waals surface area contributed by atoms with Gasteiger partial charge in [-0.1, -0.05) is 6.07 Å². The number of carbonyl (C=O) groups is 1. The topological polar surface area (TPSA) is 51.2 Å². The van der Waals surface area contributed by atoms with Gasteiger partial charge in [-0.3, -0.25) is 4.79 Å². The van der Waals surface area contributed by atoms with E-state index in [4.69, 9.17) is 4.74 Å². The highest BCUT2D eigenvalue weighted by Crippen LogP contribution is 2.24. The van der Waals surface area contributed by atoms with E-state index in [-0.39, 0.29) is 5.91 Å². The number of aryl methyl sites for hydroxylation is 2. The van der Waals surface area contributed by atoms with Gasteiger partial charge in [-0.05, 0) is 48.9 Å². The first kappa shape index (κ1) is 14.8. The summed E-state index contributed by atoms with van der Waals surface area (Å²) < 4.78 is 5.44. The summed E-state index contributed by atoms with van der Waals surface area (Å²) in [5.74, 6) is -0.0113. The molecular formula is C18H20N2O2S. The maximum absolute atomic E-state index is 12.4. The summed E-state index contributed by atoms with van der Waals surface area (Å²) in [4.78, 5) is 18.2. The molecule has 0 atom stereocenters. The maximum Gasteiger partial charge on any atom is 0.251 e. The molecule has 120 valence electrons. The number of amides is 1. The third-order valence-corrected chi connectivity index (χ3v) is 5.62. The van der Waals surface area contributed by atoms with E-state index in [1.807, 2.05) is 6.07 Å². The highest BCUT2D eigenvalue weighted by molar-refractivity contribution is 7.11. The number of hydrogen-bond donors (Lipinski definition) is 1. The Balaban J connectivity index is 1.42. The molecule has 4 nitrogen and oxygen atoms in total. The zero-order chi connectivity index (χ0) is 15.6. The van der Waals surface area contributed by atoms with Crippen molar-refractivity contribution in [1.29, 1.82) is 0 Å². The molecule has 0 bridgehead atoms. The Morgan fingerprint density at radius 2 is 2.09 bits per heavy atom. The molecule has 0 saturated carbocycles. The number of thiazole rings is 1. The van der Waals surface area contributed by atoms with Crippen molar-refractivity contribution >= 4 is 17.2 Å². The number of nitrogens with one attached hydrogen (secondary N) is 1. The summed E-state index contributed by atoms with van der Waals surface area (Å²) in [7, 11) is 0. The fourth-order valence-corrected chi connectivity index (χ4v) is 4.28. The van der Waals surface area contributed by atoms with E-state index in [0.717, 1.165) is 42.1 Å². The highest BCUT2D eigenvalue weighted by atomic mass is 32.1. The number of nitrogens with zero attached hydrogens (tertiary/aromatic N) is 1. The first-order chi connectivity index (χ1) is 11.3. The van der Waals surface area contributed by atoms with Crippen molar-refractivity contribution in [3.8, 4) is 0 Å². The number of aromatic nitrogens is 1. The molecule has 1 aliphatic heterocycles. The third-order valence-electron chi connectivity index (χ3n) is 4.55. The van der Waals surface area contributed by atoms with Crippen LogP contribution in [0.3, 0.4) is 0 Å². The van der Waals surface area contributed by atoms with Crippen molar-refractivity contribution < 1.29 is 9.53 Å². The molecule has 0 fully saturated rings. The van der Waals surface area contributed by atoms with Crippen LogP contribution in [0.1, 0.15) is 49.9 Å². The van der Waals surface area contributed by atoms with Crippen LogP contribution in [-0.4, -0.2) is 17.5 Å². The van der Waals surface area contributed by atoms with Crippen LogP contribution in [0.25, 0.3) is 0 Å². The van der Waals surface area contributed by atoms with E-state index in [1.165, 1.54) is 28.8 Å². The molecule has 23 heavy (non-hydrogen) atoms. The molecule has 1 aromatic heterocycles. The Bertz CT molecular complexity index is 715. The van der Waals surface area contributed by atoms with Crippen LogP contribution in [-0.2, 0) is 37.2 Å². The molecule has 4 rings (SSSR count). The van der Waals surface area contributed by atoms with Crippen LogP contribution in [0.2, 0.25) is 0 Å². The van der Waals surface area contributed by atoms with Crippen molar-refractivity contribution in [3.63, 3.8) is 0 Å². The number of rotatable bonds is 3. The van der Waals surface area contributed by atoms with Crippen LogP contribution >= 0.6 is 11.3 Å². The van der Waals surface area contributed by atoms with Gasteiger partial charge < -0.3 is 10.1 Å². The number of benzene rings is 1. The van der Waals surface area contributed by atoms with Crippen LogP contribution in [0, 0.1) is 0 Å². The lowest BCUT2D eigenvalue weighted by atomic mass is 9.90. The summed E-state index contributed by atoms with van der Waals surface area (Å²) >= 11 is 1.64. The lowest BCUT2D eigenvalue weighted by molar-refractivity contribution is 0.0950. The average molecular weight is 328 g/mol. The monoisotopic (exact) mass is 328 g/mol. The Morgan fingerprint density at radius 3 is 2.96 bits per heavy atom. The second kappa shape index (κ2) is 6.42. The second-order valence-corrected chi connectivity index (χ2v) is 7.32. The van der Waals surface area contributed by atoms with Gasteiger partial charge in [0.2, 0.25) is 0 Å². The molecule has 1 N–H and O–H groups in total. The van der Waals surface area contributed by atoms with Crippen LogP contribution in [0.4, 0.5) is 0 Å². The largest absolute Gasteiger partial charge is 0.375 e. The molecule has 2 aliphatic rings. The summed E-state index contributed by atoms with van der Waals surface area (Å²) in [5, 5.41) is 3.96. The second-order valence-electron chi connectivity index (χ2n) is 6.15. The minimum atomic E-state index is -0.0113. The van der Waals surface area contributed by atoms with Crippen molar-refractivity contribution in [3.05, 3.63) is 50.5 Å². The summed E-state index contributed by atoms with van der Waals surface area (Å²) in [6, 6.07) is 6.12. The fourth-order valence-electron chi connectivity index (χ4n) is 3.29. The SMILES string of the molecule is O=C(NCc1nc2c(s1)COCC2)c1ccc2c(c1)CCCC2. The Hall–Kier alpha value is -1.72. The van der Waals surface area contributed by atoms with E-state index in [0.29, 0.717) is 13.2 Å². The van der Waals surface area contributed by atoms with Gasteiger partial charge in [0.25, 0.3) is 5.91 Å². The first-order valence-corrected chi connectivity index (χ1v) is 9.06. The van der Waals surface area contributed by atoms with E-state index in [9.17, 15) is 4.79 Å². The standard InChI is InChI=1S/C18H20N2O2S/c21-18(14-6-5-12-3-1-2-4-13(12)9-14)19-10-17-20-15-7-8-22-11-16(15)23-17/h5-6,9H,1-4,7-8,10-11H2,(H,19,21). The molecule has 0 radical (unpaired) electrons. The molecule has 1 aromatic carbocycles. The van der Waals surface area contributed by atoms with E-state index in [2.05, 4.69) is 22.4 Å². The molecule has 0 unspecified atom stereocenters. The highest BCUT2D eigenvalue weighted by Gasteiger charge is 2.17. The average Bonchev–Trinajstić information content (AvgIpc) is 3.02. The minimum absolute atomic E-state index is 0.0113. The summed E-state index contributed by atoms with van der Waals surface area (Å²) in [6.07, 6.45) is 5.60. The number of fused-ring (bicyclic) bond motifs is 2. The fraction of sp³-hybridized carbons (Fsp3) is 0.444. The van der Waals surface area contributed by atoms with Gasteiger partial charge in [0, 0.05) is 12.0 Å². The predicted molar refractivity (Wildman–Crippen MR) is 89.7 cm³/mol. The molecule has 5 heteroatoms. The van der Waals surface area contributed by atoms with E-state index < -0.39 is 0 Å². The Labute approximate surface area is 139 Å². The van der Waals surface area contributed by atoms with Crippen LogP contribution in [0.5, 0.6) is 0 Å². The van der Waals surface area contributed by atoms with Crippen molar-refractivity contribution in [1.82, 2.24) is 10.3 Å². The smallest absolute Gasteiger partial charge is 0.251 e. The predicted octanol–water partition coefficient (Wildman–Crippen LogP) is 3.02. The van der Waals surface area contributed by atoms with E-state index in [1.54, 1.807) is 11.3 Å². The van der Waals surface area contributed by atoms with E-state index >= 15 is 0 Å². The normalized spacial score (nSPS) is 16.5. The van der Waals surface area contributed by atoms with Gasteiger partial charge in [-0.2, -0.15) is 0 Å². The van der Waals surface area contributed by atoms with Gasteiger partial charge in [-0.15, -0.1) is 11.3 Å². The zero-order valence-electron chi connectivity index (χ0n) is 13.1. The van der Waals surface area contributed by atoms with Gasteiger partial charge in [0.1, 0.15) is 5.01 Å². The lowest BCUT2D eigenvalue weighted by Gasteiger charge is -2.16. The molecule has 0 saturated heterocycles. The summed E-state index contributed by atoms with van der Waals surface area (Å²) in [5.41, 5.74) is 4.64. The van der Waals surface area contributed by atoms with Crippen LogP contribution < -0.4 is 5.32 Å².